The molecular weight excluding hydrogens is 443 g/mol. The second kappa shape index (κ2) is 10.2. The molecule has 1 aliphatic rings. The van der Waals surface area contributed by atoms with E-state index >= 15 is 0 Å². The zero-order valence-corrected chi connectivity index (χ0v) is 19.4. The van der Waals surface area contributed by atoms with Crippen LogP contribution < -0.4 is 4.74 Å². The van der Waals surface area contributed by atoms with Gasteiger partial charge in [0.25, 0.3) is 0 Å². The van der Waals surface area contributed by atoms with Crippen molar-refractivity contribution in [1.29, 1.82) is 0 Å². The number of likely N-dealkylation sites (tertiary alicyclic amines) is 1. The van der Waals surface area contributed by atoms with Gasteiger partial charge in [0.05, 0.1) is 11.9 Å². The minimum atomic E-state index is -2.93. The van der Waals surface area contributed by atoms with Crippen molar-refractivity contribution in [2.45, 2.75) is 39.8 Å². The van der Waals surface area contributed by atoms with Gasteiger partial charge in [-0.15, -0.1) is 0 Å². The van der Waals surface area contributed by atoms with Crippen LogP contribution in [0.5, 0.6) is 5.75 Å². The number of alkyl halides is 2. The van der Waals surface area contributed by atoms with Crippen LogP contribution in [-0.4, -0.2) is 46.1 Å². The lowest BCUT2D eigenvalue weighted by Gasteiger charge is -2.40. The number of rotatable bonds is 8. The second-order valence-electron chi connectivity index (χ2n) is 9.57. The monoisotopic (exact) mass is 473 g/mol. The highest BCUT2D eigenvalue weighted by atomic mass is 19.3. The van der Waals surface area contributed by atoms with Gasteiger partial charge in [-0.3, -0.25) is 4.90 Å². The van der Waals surface area contributed by atoms with Gasteiger partial charge in [0.2, 0.25) is 0 Å². The van der Waals surface area contributed by atoms with Crippen LogP contribution in [0.25, 0.3) is 16.8 Å². The Labute approximate surface area is 197 Å². The summed E-state index contributed by atoms with van der Waals surface area (Å²) in [6, 6.07) is 11.3. The molecule has 182 valence electrons. The van der Waals surface area contributed by atoms with Gasteiger partial charge in [0.15, 0.2) is 0 Å². The van der Waals surface area contributed by atoms with Crippen LogP contribution in [0.1, 0.15) is 32.3 Å². The van der Waals surface area contributed by atoms with Gasteiger partial charge in [-0.25, -0.2) is 9.07 Å². The first kappa shape index (κ1) is 24.3. The Morgan fingerprint density at radius 1 is 1.15 bits per heavy atom. The topological polar surface area (TPSA) is 50.5 Å². The summed E-state index contributed by atoms with van der Waals surface area (Å²) in [6.07, 6.45) is 5.44. The second-order valence-corrected chi connectivity index (χ2v) is 9.57. The van der Waals surface area contributed by atoms with Crippen molar-refractivity contribution in [3.05, 3.63) is 66.2 Å². The van der Waals surface area contributed by atoms with Gasteiger partial charge in [-0.05, 0) is 66.6 Å². The van der Waals surface area contributed by atoms with Crippen LogP contribution in [0.2, 0.25) is 0 Å². The van der Waals surface area contributed by atoms with Crippen LogP contribution in [0.3, 0.4) is 0 Å². The van der Waals surface area contributed by atoms with Crippen LogP contribution in [0.4, 0.5) is 13.2 Å². The first-order valence-electron chi connectivity index (χ1n) is 11.5. The predicted molar refractivity (Wildman–Crippen MR) is 124 cm³/mol. The molecule has 0 aliphatic carbocycles. The number of benzene rings is 2. The van der Waals surface area contributed by atoms with E-state index in [0.717, 1.165) is 31.5 Å². The lowest BCUT2D eigenvalue weighted by molar-refractivity contribution is -0.0509. The van der Waals surface area contributed by atoms with E-state index in [0.29, 0.717) is 29.3 Å². The summed E-state index contributed by atoms with van der Waals surface area (Å²) in [4.78, 5) is 2.24. The molecule has 1 atom stereocenters. The van der Waals surface area contributed by atoms with Crippen LogP contribution in [0, 0.1) is 17.2 Å². The summed E-state index contributed by atoms with van der Waals surface area (Å²) in [5, 5.41) is 14.1. The molecule has 1 saturated heterocycles. The molecule has 4 rings (SSSR count). The summed E-state index contributed by atoms with van der Waals surface area (Å²) in [6.45, 7) is 3.48. The molecule has 0 saturated carbocycles. The molecule has 0 bridgehead atoms. The Bertz CT molecular complexity index is 1100. The van der Waals surface area contributed by atoms with Gasteiger partial charge in [0.1, 0.15) is 11.6 Å². The van der Waals surface area contributed by atoms with Gasteiger partial charge in [-0.2, -0.15) is 13.9 Å². The van der Waals surface area contributed by atoms with Crippen LogP contribution in [0.15, 0.2) is 54.9 Å². The molecular formula is C26H30F3N3O2. The van der Waals surface area contributed by atoms with E-state index in [4.69, 9.17) is 4.74 Å². The quantitative estimate of drug-likeness (QED) is 0.469. The number of hydrogen-bond acceptors (Lipinski definition) is 4. The zero-order valence-electron chi connectivity index (χ0n) is 19.4. The number of aliphatic hydroxyl groups excluding tert-OH is 1. The lowest BCUT2D eigenvalue weighted by Crippen LogP contribution is -2.42. The Hall–Kier alpha value is -2.84. The zero-order chi connectivity index (χ0) is 24.3. The minimum absolute atomic E-state index is 0.117. The summed E-state index contributed by atoms with van der Waals surface area (Å²) in [5.74, 6) is 0.147. The van der Waals surface area contributed by atoms with Crippen LogP contribution >= 0.6 is 0 Å². The Balaban J connectivity index is 1.55. The standard InChI is InChI=1S/C26H30F3N3O2/c1-26(2,17-33)21-4-3-11-31(16-21)14-19-6-5-18(12-24(19)34-25(28)29)20-13-30-32(15-20)23-9-7-22(27)8-10-23/h5-10,12-13,15,21,25,33H,3-4,11,14,16-17H2,1-2H3/t21-/m0/s1. The third kappa shape index (κ3) is 5.62. The predicted octanol–water partition coefficient (Wildman–Crippen LogP) is 5.51. The summed E-state index contributed by atoms with van der Waals surface area (Å²) < 4.78 is 46.2. The maximum absolute atomic E-state index is 13.2. The number of halogens is 3. The van der Waals surface area contributed by atoms with Crippen molar-refractivity contribution in [2.75, 3.05) is 19.7 Å². The molecule has 5 nitrogen and oxygen atoms in total. The van der Waals surface area contributed by atoms with Crippen LogP contribution in [-0.2, 0) is 6.54 Å². The highest BCUT2D eigenvalue weighted by Gasteiger charge is 2.33. The lowest BCUT2D eigenvalue weighted by atomic mass is 9.75. The van der Waals surface area contributed by atoms with E-state index in [1.54, 1.807) is 35.3 Å². The highest BCUT2D eigenvalue weighted by Crippen LogP contribution is 2.35. The fourth-order valence-corrected chi connectivity index (χ4v) is 4.48. The molecule has 1 N–H and O–H groups in total. The van der Waals surface area contributed by atoms with Gasteiger partial charge in [0, 0.05) is 37.0 Å². The molecule has 1 fully saturated rings. The first-order chi connectivity index (χ1) is 16.2. The molecule has 1 aliphatic heterocycles. The van der Waals surface area contributed by atoms with Crippen molar-refractivity contribution in [3.63, 3.8) is 0 Å². The summed E-state index contributed by atoms with van der Waals surface area (Å²) in [7, 11) is 0. The Kier molecular flexibility index (Phi) is 7.28. The maximum Gasteiger partial charge on any atom is 0.387 e. The summed E-state index contributed by atoms with van der Waals surface area (Å²) in [5.41, 5.74) is 2.63. The molecule has 0 spiro atoms. The number of ether oxygens (including phenoxy) is 1. The minimum Gasteiger partial charge on any atom is -0.434 e. The average molecular weight is 474 g/mol. The van der Waals surface area contributed by atoms with Crippen molar-refractivity contribution in [1.82, 2.24) is 14.7 Å². The number of piperidine rings is 1. The molecule has 0 unspecified atom stereocenters. The third-order valence-electron chi connectivity index (χ3n) is 6.70. The summed E-state index contributed by atoms with van der Waals surface area (Å²) >= 11 is 0. The largest absolute Gasteiger partial charge is 0.434 e. The van der Waals surface area contributed by atoms with E-state index in [2.05, 4.69) is 23.8 Å². The van der Waals surface area contributed by atoms with Crippen molar-refractivity contribution in [2.24, 2.45) is 11.3 Å². The van der Waals surface area contributed by atoms with Gasteiger partial charge >= 0.3 is 6.61 Å². The molecule has 0 amide bonds. The first-order valence-corrected chi connectivity index (χ1v) is 11.5. The smallest absolute Gasteiger partial charge is 0.387 e. The number of aliphatic hydroxyl groups is 1. The molecule has 34 heavy (non-hydrogen) atoms. The van der Waals surface area contributed by atoms with E-state index in [1.165, 1.54) is 12.1 Å². The fraction of sp³-hybridized carbons (Fsp3) is 0.423. The molecule has 3 aromatic rings. The van der Waals surface area contributed by atoms with Gasteiger partial charge in [-0.1, -0.05) is 26.0 Å². The molecule has 2 heterocycles. The van der Waals surface area contributed by atoms with Crippen molar-refractivity contribution >= 4 is 0 Å². The average Bonchev–Trinajstić information content (AvgIpc) is 3.31. The third-order valence-corrected chi connectivity index (χ3v) is 6.70. The molecule has 8 heteroatoms. The normalized spacial score (nSPS) is 17.3. The Morgan fingerprint density at radius 3 is 2.62 bits per heavy atom. The van der Waals surface area contributed by atoms with E-state index in [-0.39, 0.29) is 23.6 Å². The van der Waals surface area contributed by atoms with Crippen molar-refractivity contribution < 1.29 is 23.0 Å². The number of nitrogens with zero attached hydrogens (tertiary/aromatic N) is 3. The fourth-order valence-electron chi connectivity index (χ4n) is 4.48. The molecule has 0 radical (unpaired) electrons. The Morgan fingerprint density at radius 2 is 1.91 bits per heavy atom. The SMILES string of the molecule is CC(C)(CO)[C@H]1CCCN(Cc2ccc(-c3cnn(-c4ccc(F)cc4)c3)cc2OC(F)F)C1. The van der Waals surface area contributed by atoms with Crippen molar-refractivity contribution in [3.8, 4) is 22.6 Å². The van der Waals surface area contributed by atoms with E-state index < -0.39 is 6.61 Å². The molecule has 1 aromatic heterocycles. The van der Waals surface area contributed by atoms with E-state index in [9.17, 15) is 18.3 Å². The number of aromatic nitrogens is 2. The number of hydrogen-bond donors (Lipinski definition) is 1. The van der Waals surface area contributed by atoms with E-state index in [1.807, 2.05) is 12.1 Å². The maximum atomic E-state index is 13.2. The molecule has 2 aromatic carbocycles. The highest BCUT2D eigenvalue weighted by molar-refractivity contribution is 5.65. The van der Waals surface area contributed by atoms with Gasteiger partial charge < -0.3 is 9.84 Å².